The Balaban J connectivity index is 2.99. The third-order valence-corrected chi connectivity index (χ3v) is 3.89. The van der Waals surface area contributed by atoms with Crippen LogP contribution in [0.1, 0.15) is 67.2 Å². The van der Waals surface area contributed by atoms with E-state index in [4.69, 9.17) is 10.1 Å². The van der Waals surface area contributed by atoms with Crippen molar-refractivity contribution >= 4 is 0 Å². The van der Waals surface area contributed by atoms with Gasteiger partial charge in [-0.1, -0.05) is 6.92 Å². The van der Waals surface area contributed by atoms with Crippen molar-refractivity contribution in [1.29, 1.82) is 5.26 Å². The maximum atomic E-state index is 9.14. The van der Waals surface area contributed by atoms with Gasteiger partial charge in [-0.3, -0.25) is 4.84 Å². The zero-order valence-corrected chi connectivity index (χ0v) is 12.1. The monoisotopic (exact) mass is 238 g/mol. The summed E-state index contributed by atoms with van der Waals surface area (Å²) in [6.45, 7) is 12.5. The fourth-order valence-electron chi connectivity index (χ4n) is 2.64. The smallest absolute Gasteiger partial charge is 0.170 e. The molecule has 0 amide bonds. The molecule has 3 nitrogen and oxygen atoms in total. The molecular weight excluding hydrogens is 212 g/mol. The minimum Gasteiger partial charge on any atom is -0.277 e. The molecule has 0 N–H and O–H groups in total. The number of nitrogens with zero attached hydrogens (tertiary/aromatic N) is 2. The van der Waals surface area contributed by atoms with Crippen LogP contribution in [0.3, 0.4) is 0 Å². The van der Waals surface area contributed by atoms with Gasteiger partial charge in [0, 0.05) is 11.1 Å². The van der Waals surface area contributed by atoms with Crippen LogP contribution in [-0.2, 0) is 4.84 Å². The average Bonchev–Trinajstić information content (AvgIpc) is 2.24. The van der Waals surface area contributed by atoms with Crippen LogP contribution in [0.25, 0.3) is 0 Å². The Bertz CT molecular complexity index is 317. The summed E-state index contributed by atoms with van der Waals surface area (Å²) >= 11 is 0. The van der Waals surface area contributed by atoms with E-state index < -0.39 is 5.60 Å². The molecule has 0 saturated carbocycles. The second-order valence-corrected chi connectivity index (χ2v) is 6.52. The van der Waals surface area contributed by atoms with E-state index in [2.05, 4.69) is 38.8 Å². The molecular formula is C14H26N2O. The lowest BCUT2D eigenvalue weighted by Crippen LogP contribution is -2.61. The molecule has 0 aliphatic carbocycles. The van der Waals surface area contributed by atoms with E-state index in [1.165, 1.54) is 6.42 Å². The highest BCUT2D eigenvalue weighted by molar-refractivity contribution is 4.99. The molecule has 1 saturated heterocycles. The maximum absolute atomic E-state index is 9.14. The van der Waals surface area contributed by atoms with Crippen LogP contribution in [0.15, 0.2) is 0 Å². The molecule has 1 atom stereocenters. The van der Waals surface area contributed by atoms with E-state index in [1.54, 1.807) is 0 Å². The molecule has 1 unspecified atom stereocenters. The van der Waals surface area contributed by atoms with Gasteiger partial charge >= 0.3 is 0 Å². The first-order valence-corrected chi connectivity index (χ1v) is 6.58. The summed E-state index contributed by atoms with van der Waals surface area (Å²) in [5.74, 6) is 0. The maximum Gasteiger partial charge on any atom is 0.170 e. The molecule has 1 rings (SSSR count). The second-order valence-electron chi connectivity index (χ2n) is 6.52. The van der Waals surface area contributed by atoms with Gasteiger partial charge in [-0.2, -0.15) is 10.3 Å². The molecule has 17 heavy (non-hydrogen) atoms. The average molecular weight is 238 g/mol. The molecule has 0 aromatic rings. The largest absolute Gasteiger partial charge is 0.277 e. The first kappa shape index (κ1) is 14.5. The summed E-state index contributed by atoms with van der Waals surface area (Å²) in [5, 5.41) is 11.2. The van der Waals surface area contributed by atoms with Crippen LogP contribution in [0.4, 0.5) is 0 Å². The minimum absolute atomic E-state index is 0.00285. The number of hydrogen-bond acceptors (Lipinski definition) is 3. The van der Waals surface area contributed by atoms with Crippen LogP contribution in [0.2, 0.25) is 0 Å². The van der Waals surface area contributed by atoms with Gasteiger partial charge in [0.1, 0.15) is 0 Å². The summed E-state index contributed by atoms with van der Waals surface area (Å²) < 4.78 is 0. The SMILES string of the molecule is CCC1(C)CCCC(C)(C)N1OC(C)(C)C#N. The minimum atomic E-state index is -0.759. The molecule has 98 valence electrons. The summed E-state index contributed by atoms with van der Waals surface area (Å²) in [6, 6.07) is 2.22. The number of rotatable bonds is 3. The summed E-state index contributed by atoms with van der Waals surface area (Å²) in [5.41, 5.74) is -0.724. The molecule has 0 spiro atoms. The van der Waals surface area contributed by atoms with Crippen molar-refractivity contribution in [3.05, 3.63) is 0 Å². The summed E-state index contributed by atoms with van der Waals surface area (Å²) in [6.07, 6.45) is 4.51. The predicted molar refractivity (Wildman–Crippen MR) is 69.2 cm³/mol. The fraction of sp³-hybridized carbons (Fsp3) is 0.929. The standard InChI is InChI=1S/C14H26N2O/c1-7-14(6)10-8-9-12(2,3)16(14)17-13(4,5)11-15/h7-10H2,1-6H3. The lowest BCUT2D eigenvalue weighted by atomic mass is 9.79. The van der Waals surface area contributed by atoms with Gasteiger partial charge in [0.2, 0.25) is 0 Å². The van der Waals surface area contributed by atoms with E-state index in [0.717, 1.165) is 19.3 Å². The number of nitriles is 1. The van der Waals surface area contributed by atoms with Crippen LogP contribution in [0, 0.1) is 11.3 Å². The molecule has 0 bridgehead atoms. The number of piperidine rings is 1. The Labute approximate surface area is 106 Å². The van der Waals surface area contributed by atoms with Crippen LogP contribution < -0.4 is 0 Å². The lowest BCUT2D eigenvalue weighted by Gasteiger charge is -2.54. The normalized spacial score (nSPS) is 29.9. The lowest BCUT2D eigenvalue weighted by molar-refractivity contribution is -0.320. The van der Waals surface area contributed by atoms with Crippen molar-refractivity contribution in [3.63, 3.8) is 0 Å². The van der Waals surface area contributed by atoms with Gasteiger partial charge in [-0.05, 0) is 60.3 Å². The quantitative estimate of drug-likeness (QED) is 0.753. The van der Waals surface area contributed by atoms with Gasteiger partial charge in [-0.15, -0.1) is 0 Å². The molecule has 0 aromatic heterocycles. The predicted octanol–water partition coefficient (Wildman–Crippen LogP) is 3.65. The molecule has 0 radical (unpaired) electrons. The molecule has 3 heteroatoms. The number of hydrogen-bond donors (Lipinski definition) is 0. The Morgan fingerprint density at radius 1 is 1.29 bits per heavy atom. The van der Waals surface area contributed by atoms with Crippen molar-refractivity contribution < 1.29 is 4.84 Å². The molecule has 1 aliphatic rings. The highest BCUT2D eigenvalue weighted by atomic mass is 16.7. The Morgan fingerprint density at radius 2 is 1.88 bits per heavy atom. The highest BCUT2D eigenvalue weighted by Crippen LogP contribution is 2.41. The van der Waals surface area contributed by atoms with Gasteiger partial charge in [-0.25, -0.2) is 0 Å². The summed E-state index contributed by atoms with van der Waals surface area (Å²) in [4.78, 5) is 6.02. The van der Waals surface area contributed by atoms with E-state index in [9.17, 15) is 0 Å². The van der Waals surface area contributed by atoms with Crippen molar-refractivity contribution in [2.75, 3.05) is 0 Å². The van der Waals surface area contributed by atoms with Gasteiger partial charge in [0.15, 0.2) is 5.60 Å². The third kappa shape index (κ3) is 3.00. The van der Waals surface area contributed by atoms with E-state index in [0.29, 0.717) is 0 Å². The van der Waals surface area contributed by atoms with Crippen molar-refractivity contribution in [1.82, 2.24) is 5.06 Å². The first-order valence-electron chi connectivity index (χ1n) is 6.58. The van der Waals surface area contributed by atoms with Crippen LogP contribution in [0.5, 0.6) is 0 Å². The van der Waals surface area contributed by atoms with Crippen LogP contribution >= 0.6 is 0 Å². The summed E-state index contributed by atoms with van der Waals surface area (Å²) in [7, 11) is 0. The Hall–Kier alpha value is -0.590. The zero-order chi connectivity index (χ0) is 13.3. The fourth-order valence-corrected chi connectivity index (χ4v) is 2.64. The van der Waals surface area contributed by atoms with E-state index >= 15 is 0 Å². The molecule has 1 fully saturated rings. The van der Waals surface area contributed by atoms with E-state index in [-0.39, 0.29) is 11.1 Å². The first-order chi connectivity index (χ1) is 7.67. The van der Waals surface area contributed by atoms with E-state index in [1.807, 2.05) is 13.8 Å². The van der Waals surface area contributed by atoms with Gasteiger partial charge < -0.3 is 0 Å². The topological polar surface area (TPSA) is 36.3 Å². The Morgan fingerprint density at radius 3 is 2.35 bits per heavy atom. The zero-order valence-electron chi connectivity index (χ0n) is 12.1. The third-order valence-electron chi connectivity index (χ3n) is 3.89. The van der Waals surface area contributed by atoms with Crippen molar-refractivity contribution in [2.24, 2.45) is 0 Å². The van der Waals surface area contributed by atoms with Gasteiger partial charge in [0.25, 0.3) is 0 Å². The molecule has 0 aromatic carbocycles. The Kier molecular flexibility index (Phi) is 3.91. The molecule has 1 aliphatic heterocycles. The van der Waals surface area contributed by atoms with Crippen molar-refractivity contribution in [2.45, 2.75) is 83.9 Å². The number of hydroxylamine groups is 2. The van der Waals surface area contributed by atoms with Crippen molar-refractivity contribution in [3.8, 4) is 6.07 Å². The van der Waals surface area contributed by atoms with Crippen LogP contribution in [-0.4, -0.2) is 21.7 Å². The second kappa shape index (κ2) is 4.59. The highest BCUT2D eigenvalue weighted by Gasteiger charge is 2.46. The molecule has 1 heterocycles. The van der Waals surface area contributed by atoms with Gasteiger partial charge in [0.05, 0.1) is 6.07 Å².